The zero-order valence-electron chi connectivity index (χ0n) is 10.2. The van der Waals surface area contributed by atoms with Crippen molar-refractivity contribution >= 4 is 39.5 Å². The molecule has 1 aromatic carbocycles. The summed E-state index contributed by atoms with van der Waals surface area (Å²) in [7, 11) is 0. The molecule has 0 aromatic heterocycles. The molecule has 1 aromatic rings. The molecule has 0 aliphatic carbocycles. The summed E-state index contributed by atoms with van der Waals surface area (Å²) in [5, 5.41) is 5.00. The summed E-state index contributed by atoms with van der Waals surface area (Å²) < 4.78 is 0.748. The molecule has 4 amide bonds. The van der Waals surface area contributed by atoms with Gasteiger partial charge in [-0.25, -0.2) is 4.79 Å². The number of rotatable bonds is 3. The van der Waals surface area contributed by atoms with Crippen LogP contribution >= 0.6 is 15.9 Å². The molecular weight excluding hydrogens is 314 g/mol. The molecule has 0 radical (unpaired) electrons. The fraction of sp³-hybridized carbons (Fsp3) is 0.250. The van der Waals surface area contributed by atoms with Crippen molar-refractivity contribution in [2.24, 2.45) is 0 Å². The van der Waals surface area contributed by atoms with E-state index in [1.54, 1.807) is 6.07 Å². The summed E-state index contributed by atoms with van der Waals surface area (Å²) in [6, 6.07) is 4.93. The van der Waals surface area contributed by atoms with Crippen molar-refractivity contribution in [2.45, 2.75) is 6.92 Å². The number of anilines is 1. The van der Waals surface area contributed by atoms with E-state index >= 15 is 0 Å². The molecule has 1 aliphatic rings. The quantitative estimate of drug-likeness (QED) is 0.821. The lowest BCUT2D eigenvalue weighted by molar-refractivity contribution is -0.128. The van der Waals surface area contributed by atoms with Crippen LogP contribution in [0.15, 0.2) is 22.7 Å². The number of nitrogens with one attached hydrogen (secondary N) is 2. The molecule has 2 N–H and O–H groups in total. The smallest absolute Gasteiger partial charge is 0.325 e. The van der Waals surface area contributed by atoms with Crippen LogP contribution in [0, 0.1) is 6.92 Å². The molecule has 0 unspecified atom stereocenters. The first-order valence-electron chi connectivity index (χ1n) is 5.61. The van der Waals surface area contributed by atoms with Crippen molar-refractivity contribution in [2.75, 3.05) is 18.4 Å². The Morgan fingerprint density at radius 2 is 2.21 bits per heavy atom. The number of amides is 4. The summed E-state index contributed by atoms with van der Waals surface area (Å²) in [6.07, 6.45) is 0. The topological polar surface area (TPSA) is 78.5 Å². The van der Waals surface area contributed by atoms with Gasteiger partial charge in [-0.15, -0.1) is 0 Å². The molecule has 1 fully saturated rings. The summed E-state index contributed by atoms with van der Waals surface area (Å²) in [4.78, 5) is 35.3. The first kappa shape index (κ1) is 13.5. The fourth-order valence-corrected chi connectivity index (χ4v) is 2.26. The van der Waals surface area contributed by atoms with Crippen LogP contribution < -0.4 is 10.6 Å². The van der Waals surface area contributed by atoms with Crippen LogP contribution in [0.3, 0.4) is 0 Å². The van der Waals surface area contributed by atoms with Gasteiger partial charge in [0.05, 0.1) is 12.2 Å². The summed E-state index contributed by atoms with van der Waals surface area (Å²) in [5.41, 5.74) is 1.65. The number of hydrogen-bond donors (Lipinski definition) is 2. The number of benzene rings is 1. The first-order valence-corrected chi connectivity index (χ1v) is 6.41. The molecule has 0 atom stereocenters. The van der Waals surface area contributed by atoms with E-state index in [4.69, 9.17) is 0 Å². The van der Waals surface area contributed by atoms with E-state index in [-0.39, 0.29) is 13.1 Å². The molecule has 2 rings (SSSR count). The van der Waals surface area contributed by atoms with Crippen LogP contribution in [0.4, 0.5) is 10.5 Å². The Morgan fingerprint density at radius 3 is 2.79 bits per heavy atom. The van der Waals surface area contributed by atoms with Crippen LogP contribution in [0.25, 0.3) is 0 Å². The SMILES string of the molecule is Cc1ccc(NC(=O)CN2C(=O)CNC2=O)c(Br)c1. The maximum Gasteiger partial charge on any atom is 0.325 e. The predicted molar refractivity (Wildman–Crippen MR) is 72.6 cm³/mol. The number of carbonyl (C=O) groups is 3. The number of urea groups is 1. The highest BCUT2D eigenvalue weighted by atomic mass is 79.9. The third kappa shape index (κ3) is 3.11. The number of nitrogens with zero attached hydrogens (tertiary/aromatic N) is 1. The monoisotopic (exact) mass is 325 g/mol. The summed E-state index contributed by atoms with van der Waals surface area (Å²) in [6.45, 7) is 1.59. The Morgan fingerprint density at radius 1 is 1.47 bits per heavy atom. The minimum Gasteiger partial charge on any atom is -0.329 e. The van der Waals surface area contributed by atoms with Gasteiger partial charge in [0, 0.05) is 4.47 Å². The van der Waals surface area contributed by atoms with Gasteiger partial charge in [-0.2, -0.15) is 0 Å². The minimum atomic E-state index is -0.539. The fourth-order valence-electron chi connectivity index (χ4n) is 1.67. The number of halogens is 1. The van der Waals surface area contributed by atoms with Crippen LogP contribution in [0.2, 0.25) is 0 Å². The normalized spacial score (nSPS) is 14.5. The minimum absolute atomic E-state index is 0.0552. The van der Waals surface area contributed by atoms with Crippen molar-refractivity contribution in [3.05, 3.63) is 28.2 Å². The highest BCUT2D eigenvalue weighted by molar-refractivity contribution is 9.10. The average molecular weight is 326 g/mol. The van der Waals surface area contributed by atoms with E-state index in [0.29, 0.717) is 5.69 Å². The van der Waals surface area contributed by atoms with Crippen molar-refractivity contribution < 1.29 is 14.4 Å². The highest BCUT2D eigenvalue weighted by Gasteiger charge is 2.30. The third-order valence-corrected chi connectivity index (χ3v) is 3.29. The standard InChI is InChI=1S/C12H12BrN3O3/c1-7-2-3-9(8(13)4-7)15-10(17)6-16-11(18)5-14-12(16)19/h2-4H,5-6H2,1H3,(H,14,19)(H,15,17). The number of hydrogen-bond acceptors (Lipinski definition) is 3. The maximum absolute atomic E-state index is 11.8. The van der Waals surface area contributed by atoms with Crippen molar-refractivity contribution in [1.29, 1.82) is 0 Å². The summed E-state index contributed by atoms with van der Waals surface area (Å²) in [5.74, 6) is -0.821. The lowest BCUT2D eigenvalue weighted by Crippen LogP contribution is -2.38. The van der Waals surface area contributed by atoms with Gasteiger partial charge in [-0.3, -0.25) is 14.5 Å². The van der Waals surface area contributed by atoms with Crippen LogP contribution in [0.5, 0.6) is 0 Å². The zero-order valence-corrected chi connectivity index (χ0v) is 11.8. The molecule has 19 heavy (non-hydrogen) atoms. The van der Waals surface area contributed by atoms with Gasteiger partial charge in [-0.05, 0) is 40.5 Å². The van der Waals surface area contributed by atoms with Gasteiger partial charge in [0.2, 0.25) is 5.91 Å². The maximum atomic E-state index is 11.8. The molecule has 100 valence electrons. The molecule has 0 spiro atoms. The highest BCUT2D eigenvalue weighted by Crippen LogP contribution is 2.23. The molecule has 1 aliphatic heterocycles. The average Bonchev–Trinajstić information content (AvgIpc) is 2.65. The van der Waals surface area contributed by atoms with Gasteiger partial charge in [-0.1, -0.05) is 6.07 Å². The number of imide groups is 1. The molecule has 7 heteroatoms. The van der Waals surface area contributed by atoms with E-state index in [0.717, 1.165) is 14.9 Å². The lowest BCUT2D eigenvalue weighted by atomic mass is 10.2. The zero-order chi connectivity index (χ0) is 14.0. The Balaban J connectivity index is 2.01. The van der Waals surface area contributed by atoms with Crippen LogP contribution in [0.1, 0.15) is 5.56 Å². The van der Waals surface area contributed by atoms with Gasteiger partial charge in [0.15, 0.2) is 0 Å². The van der Waals surface area contributed by atoms with Crippen LogP contribution in [-0.2, 0) is 9.59 Å². The Bertz CT molecular complexity index is 543. The van der Waals surface area contributed by atoms with E-state index in [9.17, 15) is 14.4 Å². The van der Waals surface area contributed by atoms with E-state index in [2.05, 4.69) is 26.6 Å². The second-order valence-corrected chi connectivity index (χ2v) is 5.02. The first-order chi connectivity index (χ1) is 8.97. The second kappa shape index (κ2) is 5.40. The summed E-state index contributed by atoms with van der Waals surface area (Å²) >= 11 is 3.34. The van der Waals surface area contributed by atoms with Crippen molar-refractivity contribution in [3.63, 3.8) is 0 Å². The molecule has 0 saturated carbocycles. The van der Waals surface area contributed by atoms with Gasteiger partial charge in [0.25, 0.3) is 5.91 Å². The van der Waals surface area contributed by atoms with Crippen LogP contribution in [-0.4, -0.2) is 35.8 Å². The van der Waals surface area contributed by atoms with Gasteiger partial charge >= 0.3 is 6.03 Å². The third-order valence-electron chi connectivity index (χ3n) is 2.64. The second-order valence-electron chi connectivity index (χ2n) is 4.17. The van der Waals surface area contributed by atoms with Crippen molar-refractivity contribution in [1.82, 2.24) is 10.2 Å². The largest absolute Gasteiger partial charge is 0.329 e. The number of carbonyl (C=O) groups excluding carboxylic acids is 3. The van der Waals surface area contributed by atoms with E-state index in [1.807, 2.05) is 19.1 Å². The molecule has 1 saturated heterocycles. The Kier molecular flexibility index (Phi) is 3.84. The number of aryl methyl sites for hydroxylation is 1. The lowest BCUT2D eigenvalue weighted by Gasteiger charge is -2.13. The Hall–Kier alpha value is -1.89. The van der Waals surface area contributed by atoms with E-state index < -0.39 is 17.8 Å². The molecule has 6 nitrogen and oxygen atoms in total. The Labute approximate surface area is 118 Å². The van der Waals surface area contributed by atoms with Gasteiger partial charge < -0.3 is 10.6 Å². The van der Waals surface area contributed by atoms with E-state index in [1.165, 1.54) is 0 Å². The molecule has 0 bridgehead atoms. The molecule has 1 heterocycles. The molecular formula is C12H12BrN3O3. The predicted octanol–water partition coefficient (Wildman–Crippen LogP) is 1.25. The van der Waals surface area contributed by atoms with Gasteiger partial charge in [0.1, 0.15) is 6.54 Å². The van der Waals surface area contributed by atoms with Crippen molar-refractivity contribution in [3.8, 4) is 0 Å².